The van der Waals surface area contributed by atoms with E-state index in [9.17, 15) is 0 Å². The van der Waals surface area contributed by atoms with E-state index in [4.69, 9.17) is 16.3 Å². The molecule has 0 aliphatic heterocycles. The zero-order valence-electron chi connectivity index (χ0n) is 12.8. The minimum Gasteiger partial charge on any atom is -0.497 e. The van der Waals surface area contributed by atoms with E-state index in [1.54, 1.807) is 7.11 Å². The summed E-state index contributed by atoms with van der Waals surface area (Å²) in [5, 5.41) is 3.79. The van der Waals surface area contributed by atoms with Gasteiger partial charge < -0.3 is 10.1 Å². The molecule has 3 rings (SSSR count). The average Bonchev–Trinajstić information content (AvgIpc) is 2.61. The Bertz CT molecular complexity index is 773. The van der Waals surface area contributed by atoms with Gasteiger partial charge in [-0.2, -0.15) is 0 Å². The van der Waals surface area contributed by atoms with E-state index in [1.807, 2.05) is 54.6 Å². The number of aromatic nitrogens is 1. The molecular formula is C19H17ClN2O. The van der Waals surface area contributed by atoms with Gasteiger partial charge in [-0.3, -0.25) is 0 Å². The van der Waals surface area contributed by atoms with Gasteiger partial charge in [0.1, 0.15) is 16.7 Å². The van der Waals surface area contributed by atoms with Gasteiger partial charge in [-0.05, 0) is 41.0 Å². The number of halogens is 1. The van der Waals surface area contributed by atoms with Crippen molar-refractivity contribution in [2.24, 2.45) is 0 Å². The highest BCUT2D eigenvalue weighted by atomic mass is 35.5. The van der Waals surface area contributed by atoms with Gasteiger partial charge in [-0.15, -0.1) is 0 Å². The van der Waals surface area contributed by atoms with Gasteiger partial charge in [0.05, 0.1) is 7.11 Å². The Morgan fingerprint density at radius 3 is 2.39 bits per heavy atom. The van der Waals surface area contributed by atoms with Gasteiger partial charge in [-0.1, -0.05) is 54.1 Å². The van der Waals surface area contributed by atoms with Gasteiger partial charge >= 0.3 is 0 Å². The van der Waals surface area contributed by atoms with Crippen molar-refractivity contribution in [3.8, 4) is 16.9 Å². The van der Waals surface area contributed by atoms with Crippen LogP contribution in [0.25, 0.3) is 11.1 Å². The molecule has 0 bridgehead atoms. The molecule has 0 amide bonds. The monoisotopic (exact) mass is 324 g/mol. The Balaban J connectivity index is 1.76. The van der Waals surface area contributed by atoms with E-state index in [-0.39, 0.29) is 0 Å². The summed E-state index contributed by atoms with van der Waals surface area (Å²) in [7, 11) is 1.66. The predicted molar refractivity (Wildman–Crippen MR) is 95.0 cm³/mol. The van der Waals surface area contributed by atoms with Gasteiger partial charge in [0, 0.05) is 6.54 Å². The van der Waals surface area contributed by atoms with Crippen molar-refractivity contribution in [1.82, 2.24) is 4.98 Å². The summed E-state index contributed by atoms with van der Waals surface area (Å²) >= 11 is 6.15. The SMILES string of the molecule is COc1ccc(CNc2cc(-c3ccccc3)cc(Cl)n2)cc1. The van der Waals surface area contributed by atoms with Crippen molar-refractivity contribution in [1.29, 1.82) is 0 Å². The Kier molecular flexibility index (Phi) is 4.79. The van der Waals surface area contributed by atoms with Crippen molar-refractivity contribution < 1.29 is 4.74 Å². The molecule has 0 atom stereocenters. The molecule has 23 heavy (non-hydrogen) atoms. The molecule has 0 fully saturated rings. The number of hydrogen-bond acceptors (Lipinski definition) is 3. The maximum Gasteiger partial charge on any atom is 0.132 e. The highest BCUT2D eigenvalue weighted by Crippen LogP contribution is 2.25. The van der Waals surface area contributed by atoms with Crippen LogP contribution in [0.5, 0.6) is 5.75 Å². The summed E-state index contributed by atoms with van der Waals surface area (Å²) < 4.78 is 5.16. The van der Waals surface area contributed by atoms with Crippen LogP contribution in [-0.2, 0) is 6.54 Å². The summed E-state index contributed by atoms with van der Waals surface area (Å²) in [5.41, 5.74) is 3.31. The van der Waals surface area contributed by atoms with Crippen LogP contribution in [0.2, 0.25) is 5.15 Å². The van der Waals surface area contributed by atoms with E-state index < -0.39 is 0 Å². The Morgan fingerprint density at radius 1 is 0.957 bits per heavy atom. The van der Waals surface area contributed by atoms with Crippen LogP contribution in [-0.4, -0.2) is 12.1 Å². The number of pyridine rings is 1. The highest BCUT2D eigenvalue weighted by molar-refractivity contribution is 6.29. The average molecular weight is 325 g/mol. The van der Waals surface area contributed by atoms with Gasteiger partial charge in [0.15, 0.2) is 0 Å². The molecule has 1 heterocycles. The first-order valence-corrected chi connectivity index (χ1v) is 7.72. The number of rotatable bonds is 5. The highest BCUT2D eigenvalue weighted by Gasteiger charge is 2.04. The zero-order valence-corrected chi connectivity index (χ0v) is 13.5. The second-order valence-corrected chi connectivity index (χ2v) is 5.52. The minimum absolute atomic E-state index is 0.476. The molecule has 116 valence electrons. The standard InChI is InChI=1S/C19H17ClN2O/c1-23-17-9-7-14(8-10-17)13-21-19-12-16(11-18(20)22-19)15-5-3-2-4-6-15/h2-12H,13H2,1H3,(H,21,22). The molecular weight excluding hydrogens is 308 g/mol. The summed E-state index contributed by atoms with van der Waals surface area (Å²) in [6.45, 7) is 0.672. The van der Waals surface area contributed by atoms with E-state index in [1.165, 1.54) is 0 Å². The van der Waals surface area contributed by atoms with Crippen LogP contribution in [0.4, 0.5) is 5.82 Å². The molecule has 3 aromatic rings. The fourth-order valence-electron chi connectivity index (χ4n) is 2.32. The topological polar surface area (TPSA) is 34.1 Å². The maximum absolute atomic E-state index is 6.15. The molecule has 1 N–H and O–H groups in total. The first kappa shape index (κ1) is 15.4. The third kappa shape index (κ3) is 4.02. The largest absolute Gasteiger partial charge is 0.497 e. The van der Waals surface area contributed by atoms with Crippen molar-refractivity contribution >= 4 is 17.4 Å². The zero-order chi connectivity index (χ0) is 16.1. The van der Waals surface area contributed by atoms with Crippen molar-refractivity contribution in [2.45, 2.75) is 6.54 Å². The van der Waals surface area contributed by atoms with Crippen molar-refractivity contribution in [2.75, 3.05) is 12.4 Å². The predicted octanol–water partition coefficient (Wildman–Crippen LogP) is 5.02. The first-order chi connectivity index (χ1) is 11.2. The lowest BCUT2D eigenvalue weighted by molar-refractivity contribution is 0.414. The molecule has 0 unspecified atom stereocenters. The van der Waals surface area contributed by atoms with Crippen molar-refractivity contribution in [3.63, 3.8) is 0 Å². The summed E-state index contributed by atoms with van der Waals surface area (Å²) in [5.74, 6) is 1.60. The minimum atomic E-state index is 0.476. The maximum atomic E-state index is 6.15. The molecule has 0 radical (unpaired) electrons. The lowest BCUT2D eigenvalue weighted by Gasteiger charge is -2.09. The summed E-state index contributed by atoms with van der Waals surface area (Å²) in [6, 6.07) is 21.9. The molecule has 0 saturated heterocycles. The molecule has 1 aromatic heterocycles. The molecule has 2 aromatic carbocycles. The number of anilines is 1. The third-order valence-corrected chi connectivity index (χ3v) is 3.73. The van der Waals surface area contributed by atoms with E-state index in [0.29, 0.717) is 11.7 Å². The second-order valence-electron chi connectivity index (χ2n) is 5.13. The number of methoxy groups -OCH3 is 1. The van der Waals surface area contributed by atoms with E-state index in [0.717, 1.165) is 28.3 Å². The lowest BCUT2D eigenvalue weighted by atomic mass is 10.1. The fourth-order valence-corrected chi connectivity index (χ4v) is 2.53. The van der Waals surface area contributed by atoms with Crippen LogP contribution in [0.1, 0.15) is 5.56 Å². The number of nitrogens with one attached hydrogen (secondary N) is 1. The molecule has 0 spiro atoms. The van der Waals surface area contributed by atoms with Gasteiger partial charge in [0.25, 0.3) is 0 Å². The summed E-state index contributed by atoms with van der Waals surface area (Å²) in [6.07, 6.45) is 0. The number of ether oxygens (including phenoxy) is 1. The number of benzene rings is 2. The van der Waals surface area contributed by atoms with Gasteiger partial charge in [-0.25, -0.2) is 4.98 Å². The third-order valence-electron chi connectivity index (χ3n) is 3.53. The molecule has 3 nitrogen and oxygen atoms in total. The van der Waals surface area contributed by atoms with Crippen LogP contribution in [0, 0.1) is 0 Å². The van der Waals surface area contributed by atoms with Crippen molar-refractivity contribution in [3.05, 3.63) is 77.4 Å². The van der Waals surface area contributed by atoms with Crippen LogP contribution in [0.3, 0.4) is 0 Å². The van der Waals surface area contributed by atoms with Crippen LogP contribution < -0.4 is 10.1 Å². The lowest BCUT2D eigenvalue weighted by Crippen LogP contribution is -2.01. The molecule has 4 heteroatoms. The van der Waals surface area contributed by atoms with Gasteiger partial charge in [0.2, 0.25) is 0 Å². The Hall–Kier alpha value is -2.52. The summed E-state index contributed by atoms with van der Waals surface area (Å²) in [4.78, 5) is 4.34. The molecule has 0 aliphatic carbocycles. The Morgan fingerprint density at radius 2 is 1.70 bits per heavy atom. The van der Waals surface area contributed by atoms with Crippen LogP contribution >= 0.6 is 11.6 Å². The first-order valence-electron chi connectivity index (χ1n) is 7.34. The normalized spacial score (nSPS) is 10.3. The number of nitrogens with zero attached hydrogens (tertiary/aromatic N) is 1. The molecule has 0 aliphatic rings. The Labute approximate surface area is 140 Å². The second kappa shape index (κ2) is 7.16. The van der Waals surface area contributed by atoms with E-state index >= 15 is 0 Å². The number of hydrogen-bond donors (Lipinski definition) is 1. The molecule has 0 saturated carbocycles. The quantitative estimate of drug-likeness (QED) is 0.669. The fraction of sp³-hybridized carbons (Fsp3) is 0.105. The van der Waals surface area contributed by atoms with E-state index in [2.05, 4.69) is 22.4 Å². The smallest absolute Gasteiger partial charge is 0.132 e. The van der Waals surface area contributed by atoms with Crippen LogP contribution in [0.15, 0.2) is 66.7 Å².